The minimum Gasteiger partial charge on any atom is -0.870 e. The van der Waals surface area contributed by atoms with E-state index in [1.807, 2.05) is 118 Å². The Labute approximate surface area is 513 Å². The van der Waals surface area contributed by atoms with Gasteiger partial charge in [0.25, 0.3) is 20.0 Å². The van der Waals surface area contributed by atoms with Crippen molar-refractivity contribution in [2.45, 2.75) is 75.5 Å². The minimum absolute atomic E-state index is 0. The van der Waals surface area contributed by atoms with Crippen molar-refractivity contribution < 1.29 is 89.5 Å². The van der Waals surface area contributed by atoms with Crippen molar-refractivity contribution in [1.29, 1.82) is 0 Å². The van der Waals surface area contributed by atoms with Crippen LogP contribution >= 0.6 is 0 Å². The first-order chi connectivity index (χ1) is 40.1. The van der Waals surface area contributed by atoms with Crippen LogP contribution in [0.25, 0.3) is 21.5 Å². The number of rotatable bonds is 24. The summed E-state index contributed by atoms with van der Waals surface area (Å²) in [6, 6.07) is 48.5. The van der Waals surface area contributed by atoms with Crippen LogP contribution in [0.4, 0.5) is 22.7 Å². The number of carboxylic acids is 2. The molecule has 0 bridgehead atoms. The first kappa shape index (κ1) is 68.2. The first-order valence-corrected chi connectivity index (χ1v) is 29.6. The number of carbonyl (C=O) groups is 4. The average Bonchev–Trinajstić information content (AvgIpc) is 0.931. The third-order valence-corrected chi connectivity index (χ3v) is 17.6. The fourth-order valence-corrected chi connectivity index (χ4v) is 12.8. The largest absolute Gasteiger partial charge is 1.00 e. The summed E-state index contributed by atoms with van der Waals surface area (Å²) in [6.45, 7) is 7.39. The molecule has 0 aliphatic rings. The van der Waals surface area contributed by atoms with Crippen LogP contribution in [-0.4, -0.2) is 110 Å². The molecule has 0 heterocycles. The summed E-state index contributed by atoms with van der Waals surface area (Å²) in [5.74, 6) is -2.33. The number of carboxylic acid groups (broad SMARTS) is 2. The molecule has 19 nitrogen and oxygen atoms in total. The van der Waals surface area contributed by atoms with Gasteiger partial charge in [0, 0.05) is 58.1 Å². The van der Waals surface area contributed by atoms with Gasteiger partial charge in [-0.25, -0.2) is 16.8 Å². The number of methoxy groups -OCH3 is 4. The van der Waals surface area contributed by atoms with Gasteiger partial charge >= 0.3 is 42.7 Å². The number of aryl methyl sites for hydroxylation is 2. The van der Waals surface area contributed by atoms with Crippen LogP contribution in [0.2, 0.25) is 0 Å². The minimum atomic E-state index is -4.28. The van der Waals surface area contributed by atoms with E-state index in [9.17, 15) is 46.2 Å². The Bertz CT molecular complexity index is 3890. The molecule has 0 aliphatic carbocycles. The summed E-state index contributed by atoms with van der Waals surface area (Å²) in [5.41, 5.74) is 6.25. The Morgan fingerprint density at radius 3 is 1.16 bits per heavy atom. The summed E-state index contributed by atoms with van der Waals surface area (Å²) < 4.78 is 77.7. The number of aliphatic carboxylic acids is 2. The molecule has 3 N–H and O–H groups in total. The SMILES string of the molecule is COC(=O)C[C@H](C)N(Cc1cccc(C)c1)c1ccc(N(CC(=O)OC)S(=O)(=O)c2ccc(OC)cc2)c2ccccc12.COc1ccc(S(=O)(=O)N(CC(=O)O)c2ccc(N(Cc3cccc(C)c3)[C@@H](C)CC(=O)O)c3ccccc23)cc1.[Li+].[OH-]. The first-order valence-electron chi connectivity index (χ1n) is 26.7. The van der Waals surface area contributed by atoms with Gasteiger partial charge in [-0.05, 0) is 112 Å². The molecule has 8 rings (SSSR count). The molecule has 0 saturated heterocycles. The van der Waals surface area contributed by atoms with Crippen LogP contribution in [0.1, 0.15) is 48.9 Å². The molecule has 0 aliphatic heterocycles. The van der Waals surface area contributed by atoms with Gasteiger partial charge in [-0.2, -0.15) is 0 Å². The van der Waals surface area contributed by atoms with E-state index < -0.39 is 57.1 Å². The number of benzene rings is 8. The number of ether oxygens (including phenoxy) is 4. The molecule has 8 aromatic rings. The number of anilines is 4. The Balaban J connectivity index is 0.000000307. The normalized spacial score (nSPS) is 11.7. The Morgan fingerprint density at radius 2 is 0.814 bits per heavy atom. The van der Waals surface area contributed by atoms with Crippen molar-refractivity contribution in [3.8, 4) is 11.5 Å². The fraction of sp³-hybridized carbons (Fsp3) is 0.250. The number of hydrogen-bond donors (Lipinski definition) is 2. The number of hydrogen-bond acceptors (Lipinski definition) is 15. The van der Waals surface area contributed by atoms with Gasteiger partial charge in [0.2, 0.25) is 0 Å². The molecular formula is C64H69LiN4O15S2. The van der Waals surface area contributed by atoms with Crippen LogP contribution in [0.5, 0.6) is 11.5 Å². The van der Waals surface area contributed by atoms with Gasteiger partial charge in [0.05, 0.1) is 62.4 Å². The number of sulfonamides is 2. The van der Waals surface area contributed by atoms with E-state index in [0.717, 1.165) is 41.9 Å². The number of fused-ring (bicyclic) bond motifs is 2. The van der Waals surface area contributed by atoms with Crippen LogP contribution in [-0.2, 0) is 61.8 Å². The van der Waals surface area contributed by atoms with Crippen molar-refractivity contribution in [3.63, 3.8) is 0 Å². The molecule has 0 radical (unpaired) electrons. The second-order valence-electron chi connectivity index (χ2n) is 20.0. The van der Waals surface area contributed by atoms with Gasteiger partial charge in [-0.1, -0.05) is 108 Å². The van der Waals surface area contributed by atoms with Gasteiger partial charge in [-0.15, -0.1) is 0 Å². The maximum Gasteiger partial charge on any atom is 1.00 e. The van der Waals surface area contributed by atoms with Crippen molar-refractivity contribution in [3.05, 3.63) is 192 Å². The Morgan fingerprint density at radius 1 is 0.453 bits per heavy atom. The molecule has 0 aromatic heterocycles. The number of carbonyl (C=O) groups excluding carboxylic acids is 2. The molecule has 0 amide bonds. The number of nitrogens with zero attached hydrogens (tertiary/aromatic N) is 4. The van der Waals surface area contributed by atoms with Gasteiger partial charge < -0.3 is 44.4 Å². The number of esters is 2. The smallest absolute Gasteiger partial charge is 0.870 e. The molecule has 8 aromatic carbocycles. The van der Waals surface area contributed by atoms with Crippen LogP contribution in [0.15, 0.2) is 180 Å². The third kappa shape index (κ3) is 16.4. The third-order valence-electron chi connectivity index (χ3n) is 14.1. The van der Waals surface area contributed by atoms with E-state index in [4.69, 9.17) is 18.9 Å². The van der Waals surface area contributed by atoms with Crippen LogP contribution in [0, 0.1) is 13.8 Å². The molecule has 0 saturated carbocycles. The van der Waals surface area contributed by atoms with E-state index in [0.29, 0.717) is 52.1 Å². The second kappa shape index (κ2) is 30.5. The van der Waals surface area contributed by atoms with E-state index in [2.05, 4.69) is 11.0 Å². The van der Waals surface area contributed by atoms with Crippen LogP contribution in [0.3, 0.4) is 0 Å². The van der Waals surface area contributed by atoms with Crippen molar-refractivity contribution in [2.75, 3.05) is 59.9 Å². The zero-order chi connectivity index (χ0) is 60.9. The molecular weight excluding hydrogens is 1140 g/mol. The molecule has 448 valence electrons. The standard InChI is InChI=1S/C33H36N2O7S.C31H32N2O7S.Li.H2O/c1-23-9-8-10-25(19-23)21-34(24(2)20-32(36)41-4)30-17-18-31(29-12-7-6-11-28(29)30)35(22-33(37)42-5)43(38,39)27-15-13-26(40-3)14-16-27;1-21-7-6-8-23(17-21)19-32(22(2)18-30(34)35)28-15-16-29(27-10-5-4-9-26(27)28)33(20-31(36)37)41(38,39)25-13-11-24(40-3)12-14-25;;/h6-19,24H,20-22H2,1-5H3;4-17,22H,18-20H2,1-3H3,(H,34,35)(H,36,37);;1H2/q;;+1;/p-1/t24-;22-;;/m00../s1. The molecule has 86 heavy (non-hydrogen) atoms. The summed E-state index contributed by atoms with van der Waals surface area (Å²) in [5, 5.41) is 21.8. The van der Waals surface area contributed by atoms with E-state index in [1.165, 1.54) is 64.8 Å². The average molecular weight is 1210 g/mol. The predicted molar refractivity (Wildman–Crippen MR) is 327 cm³/mol. The zero-order valence-electron chi connectivity index (χ0n) is 49.4. The molecule has 0 fully saturated rings. The Kier molecular flexibility index (Phi) is 24.2. The summed E-state index contributed by atoms with van der Waals surface area (Å²) in [7, 11) is -2.93. The molecule has 2 atom stereocenters. The second-order valence-corrected chi connectivity index (χ2v) is 23.7. The Hall–Kier alpha value is -8.58. The van der Waals surface area contributed by atoms with E-state index >= 15 is 0 Å². The summed E-state index contributed by atoms with van der Waals surface area (Å²) in [6.07, 6.45) is 0.0393. The molecule has 22 heteroatoms. The van der Waals surface area contributed by atoms with Crippen molar-refractivity contribution in [2.24, 2.45) is 0 Å². The topological polar surface area (TPSA) is 257 Å². The summed E-state index contributed by atoms with van der Waals surface area (Å²) in [4.78, 5) is 52.5. The summed E-state index contributed by atoms with van der Waals surface area (Å²) >= 11 is 0. The molecule has 0 spiro atoms. The van der Waals surface area contributed by atoms with Crippen LogP contribution < -0.4 is 46.7 Å². The zero-order valence-corrected chi connectivity index (χ0v) is 51.0. The van der Waals surface area contributed by atoms with Gasteiger partial charge in [-0.3, -0.25) is 27.8 Å². The monoisotopic (exact) mass is 1200 g/mol. The maximum absolute atomic E-state index is 14.0. The predicted octanol–water partition coefficient (Wildman–Crippen LogP) is 7.62. The quantitative estimate of drug-likeness (QED) is 0.0436. The van der Waals surface area contributed by atoms with E-state index in [1.54, 1.807) is 42.5 Å². The van der Waals surface area contributed by atoms with Gasteiger partial charge in [0.15, 0.2) is 0 Å². The van der Waals surface area contributed by atoms with Crippen molar-refractivity contribution >= 4 is 88.2 Å². The fourth-order valence-electron chi connectivity index (χ4n) is 9.89. The van der Waals surface area contributed by atoms with E-state index in [-0.39, 0.29) is 64.7 Å². The van der Waals surface area contributed by atoms with Gasteiger partial charge in [0.1, 0.15) is 24.6 Å². The van der Waals surface area contributed by atoms with Crippen molar-refractivity contribution in [1.82, 2.24) is 0 Å². The maximum atomic E-state index is 14.0. The molecule has 0 unspecified atom stereocenters.